The van der Waals surface area contributed by atoms with E-state index in [1.807, 2.05) is 0 Å². The van der Waals surface area contributed by atoms with E-state index in [0.29, 0.717) is 25.6 Å². The van der Waals surface area contributed by atoms with Gasteiger partial charge in [0.1, 0.15) is 0 Å². The Kier molecular flexibility index (Phi) is 3.21. The van der Waals surface area contributed by atoms with Crippen molar-refractivity contribution in [1.29, 1.82) is 0 Å². The zero-order chi connectivity index (χ0) is 12.7. The van der Waals surface area contributed by atoms with Crippen molar-refractivity contribution in [1.82, 2.24) is 4.90 Å². The molecule has 0 aromatic carbocycles. The predicted octanol–water partition coefficient (Wildman–Crippen LogP) is 1.17. The van der Waals surface area contributed by atoms with Crippen molar-refractivity contribution in [3.63, 3.8) is 0 Å². The van der Waals surface area contributed by atoms with E-state index in [1.165, 1.54) is 12.8 Å². The zero-order valence-corrected chi connectivity index (χ0v) is 11.0. The van der Waals surface area contributed by atoms with Gasteiger partial charge in [-0.2, -0.15) is 0 Å². The van der Waals surface area contributed by atoms with Crippen LogP contribution in [-0.4, -0.2) is 47.3 Å². The van der Waals surface area contributed by atoms with Crippen LogP contribution in [0.3, 0.4) is 0 Å². The molecule has 0 aromatic rings. The predicted molar refractivity (Wildman–Crippen MR) is 64.6 cm³/mol. The molecule has 98 valence electrons. The Morgan fingerprint density at radius 3 is 2.71 bits per heavy atom. The molecule has 1 aliphatic heterocycles. The molecule has 2 aliphatic rings. The monoisotopic (exact) mass is 241 g/mol. The van der Waals surface area contributed by atoms with Crippen LogP contribution in [0.15, 0.2) is 0 Å². The Morgan fingerprint density at radius 2 is 2.18 bits per heavy atom. The molecule has 2 rings (SSSR count). The standard InChI is InChI=1S/C13H23NO3/c1-4-17-11(15)12(2,3)13(16)7-8-14(9-13)10-5-6-10/h10,16H,4-9H2,1-3H3. The molecule has 1 atom stereocenters. The van der Waals surface area contributed by atoms with E-state index in [2.05, 4.69) is 4.90 Å². The maximum atomic E-state index is 11.9. The molecule has 1 saturated carbocycles. The number of ether oxygens (including phenoxy) is 1. The minimum absolute atomic E-state index is 0.292. The van der Waals surface area contributed by atoms with Gasteiger partial charge >= 0.3 is 5.97 Å². The van der Waals surface area contributed by atoms with Crippen molar-refractivity contribution >= 4 is 5.97 Å². The van der Waals surface area contributed by atoms with Crippen LogP contribution in [0.5, 0.6) is 0 Å². The summed E-state index contributed by atoms with van der Waals surface area (Å²) in [6, 6.07) is 0.641. The topological polar surface area (TPSA) is 49.8 Å². The highest BCUT2D eigenvalue weighted by Crippen LogP contribution is 2.42. The molecule has 1 unspecified atom stereocenters. The summed E-state index contributed by atoms with van der Waals surface area (Å²) >= 11 is 0. The van der Waals surface area contributed by atoms with E-state index < -0.39 is 11.0 Å². The molecule has 17 heavy (non-hydrogen) atoms. The fourth-order valence-electron chi connectivity index (χ4n) is 2.59. The number of hydrogen-bond donors (Lipinski definition) is 1. The third-order valence-corrected chi connectivity index (χ3v) is 4.29. The molecule has 1 N–H and O–H groups in total. The number of hydrogen-bond acceptors (Lipinski definition) is 4. The first kappa shape index (κ1) is 12.8. The Labute approximate surface area is 103 Å². The summed E-state index contributed by atoms with van der Waals surface area (Å²) in [5.74, 6) is -0.292. The lowest BCUT2D eigenvalue weighted by molar-refractivity contribution is -0.169. The van der Waals surface area contributed by atoms with Gasteiger partial charge in [0.25, 0.3) is 0 Å². The third-order valence-electron chi connectivity index (χ3n) is 4.29. The van der Waals surface area contributed by atoms with Crippen molar-refractivity contribution in [2.75, 3.05) is 19.7 Å². The van der Waals surface area contributed by atoms with Crippen molar-refractivity contribution in [3.05, 3.63) is 0 Å². The zero-order valence-electron chi connectivity index (χ0n) is 11.0. The second-order valence-corrected chi connectivity index (χ2v) is 5.83. The van der Waals surface area contributed by atoms with Crippen LogP contribution in [0.4, 0.5) is 0 Å². The Morgan fingerprint density at radius 1 is 1.53 bits per heavy atom. The number of nitrogens with zero attached hydrogens (tertiary/aromatic N) is 1. The highest BCUT2D eigenvalue weighted by atomic mass is 16.5. The van der Waals surface area contributed by atoms with Crippen LogP contribution in [0.2, 0.25) is 0 Å². The summed E-state index contributed by atoms with van der Waals surface area (Å²) in [4.78, 5) is 14.3. The van der Waals surface area contributed by atoms with Gasteiger partial charge in [-0.15, -0.1) is 0 Å². The first-order valence-corrected chi connectivity index (χ1v) is 6.54. The van der Waals surface area contributed by atoms with Crippen LogP contribution in [0.1, 0.15) is 40.0 Å². The van der Waals surface area contributed by atoms with Gasteiger partial charge in [-0.1, -0.05) is 0 Å². The molecule has 0 bridgehead atoms. The highest BCUT2D eigenvalue weighted by molar-refractivity contribution is 5.77. The van der Waals surface area contributed by atoms with Gasteiger partial charge < -0.3 is 9.84 Å². The van der Waals surface area contributed by atoms with Crippen molar-refractivity contribution in [2.45, 2.75) is 51.7 Å². The van der Waals surface area contributed by atoms with Crippen LogP contribution in [0.25, 0.3) is 0 Å². The summed E-state index contributed by atoms with van der Waals surface area (Å²) in [6.45, 7) is 7.24. The molecule has 4 heteroatoms. The summed E-state index contributed by atoms with van der Waals surface area (Å²) in [6.07, 6.45) is 3.13. The molecule has 1 saturated heterocycles. The molecule has 1 heterocycles. The van der Waals surface area contributed by atoms with Gasteiger partial charge in [-0.05, 0) is 40.0 Å². The largest absolute Gasteiger partial charge is 0.465 e. The van der Waals surface area contributed by atoms with Crippen LogP contribution < -0.4 is 0 Å². The van der Waals surface area contributed by atoms with Crippen molar-refractivity contribution in [2.24, 2.45) is 5.41 Å². The fraction of sp³-hybridized carbons (Fsp3) is 0.923. The number of β-amino-alcohol motifs (C(OH)–C–C–N with tert-alkyl or cyclic N) is 1. The number of aliphatic hydroxyl groups is 1. The van der Waals surface area contributed by atoms with Gasteiger partial charge in [-0.3, -0.25) is 9.69 Å². The lowest BCUT2D eigenvalue weighted by Crippen LogP contribution is -2.52. The van der Waals surface area contributed by atoms with E-state index in [1.54, 1.807) is 20.8 Å². The van der Waals surface area contributed by atoms with E-state index in [9.17, 15) is 9.90 Å². The Bertz CT molecular complexity index is 312. The van der Waals surface area contributed by atoms with Gasteiger partial charge in [0, 0.05) is 19.1 Å². The van der Waals surface area contributed by atoms with Gasteiger partial charge in [0.2, 0.25) is 0 Å². The van der Waals surface area contributed by atoms with E-state index in [0.717, 1.165) is 6.54 Å². The van der Waals surface area contributed by atoms with Gasteiger partial charge in [0.05, 0.1) is 17.6 Å². The fourth-order valence-corrected chi connectivity index (χ4v) is 2.59. The smallest absolute Gasteiger partial charge is 0.314 e. The average Bonchev–Trinajstić information content (AvgIpc) is 3.03. The number of carbonyl (C=O) groups excluding carboxylic acids is 1. The first-order valence-electron chi connectivity index (χ1n) is 6.54. The van der Waals surface area contributed by atoms with Crippen LogP contribution in [0, 0.1) is 5.41 Å². The van der Waals surface area contributed by atoms with E-state index >= 15 is 0 Å². The molecular weight excluding hydrogens is 218 g/mol. The molecule has 0 amide bonds. The molecule has 4 nitrogen and oxygen atoms in total. The summed E-state index contributed by atoms with van der Waals surface area (Å²) in [7, 11) is 0. The maximum Gasteiger partial charge on any atom is 0.314 e. The Hall–Kier alpha value is -0.610. The molecule has 0 aromatic heterocycles. The maximum absolute atomic E-state index is 11.9. The minimum Gasteiger partial charge on any atom is -0.465 e. The highest BCUT2D eigenvalue weighted by Gasteiger charge is 2.54. The second-order valence-electron chi connectivity index (χ2n) is 5.83. The summed E-state index contributed by atoms with van der Waals surface area (Å²) < 4.78 is 5.08. The lowest BCUT2D eigenvalue weighted by atomic mass is 9.74. The molecule has 2 fully saturated rings. The van der Waals surface area contributed by atoms with Crippen LogP contribution >= 0.6 is 0 Å². The van der Waals surface area contributed by atoms with Crippen molar-refractivity contribution < 1.29 is 14.6 Å². The number of likely N-dealkylation sites (tertiary alicyclic amines) is 1. The average molecular weight is 241 g/mol. The summed E-state index contributed by atoms with van der Waals surface area (Å²) in [5.41, 5.74) is -1.77. The quantitative estimate of drug-likeness (QED) is 0.751. The van der Waals surface area contributed by atoms with Gasteiger partial charge in [-0.25, -0.2) is 0 Å². The molecular formula is C13H23NO3. The third kappa shape index (κ3) is 2.20. The second kappa shape index (κ2) is 4.25. The van der Waals surface area contributed by atoms with Crippen molar-refractivity contribution in [3.8, 4) is 0 Å². The number of esters is 1. The minimum atomic E-state index is -0.943. The first-order chi connectivity index (χ1) is 7.90. The Balaban J connectivity index is 2.06. The lowest BCUT2D eigenvalue weighted by Gasteiger charge is -2.37. The SMILES string of the molecule is CCOC(=O)C(C)(C)C1(O)CCN(C2CC2)C1. The summed E-state index contributed by atoms with van der Waals surface area (Å²) in [5, 5.41) is 10.7. The normalized spacial score (nSPS) is 30.6. The molecule has 0 radical (unpaired) electrons. The van der Waals surface area contributed by atoms with E-state index in [4.69, 9.17) is 4.74 Å². The number of carbonyl (C=O) groups is 1. The van der Waals surface area contributed by atoms with E-state index in [-0.39, 0.29) is 5.97 Å². The van der Waals surface area contributed by atoms with Gasteiger partial charge in [0.15, 0.2) is 0 Å². The molecule has 1 aliphatic carbocycles. The molecule has 0 spiro atoms. The number of rotatable bonds is 4. The van der Waals surface area contributed by atoms with Crippen LogP contribution in [-0.2, 0) is 9.53 Å².